The van der Waals surface area contributed by atoms with E-state index in [1.54, 1.807) is 0 Å². The summed E-state index contributed by atoms with van der Waals surface area (Å²) in [7, 11) is 0. The van der Waals surface area contributed by atoms with Crippen LogP contribution in [-0.4, -0.2) is 203 Å². The monoisotopic (exact) mass is 934 g/mol. The molecule has 362 valence electrons. The molecular weight excluding hydrogens is 884 g/mol. The molecule has 4 saturated heterocycles. The Hall–Kier alpha value is -5.59. The summed E-state index contributed by atoms with van der Waals surface area (Å²) in [6, 6.07) is 0. The molecule has 4 fully saturated rings. The number of rotatable bonds is 32. The summed E-state index contributed by atoms with van der Waals surface area (Å²) in [5.74, 6) is -8.50. The summed E-state index contributed by atoms with van der Waals surface area (Å²) in [4.78, 5) is 150. The SMILES string of the molecule is O=C(COCCOCC(COCCOCC(=O)ON1C(=O)CCC1=O)(COCCOCC(=O)ON1C(=O)CCC1=O)COCCOCC(=O)ON1C(=O)CCC1O)ON1C(=O)CCC1=O. The molecule has 0 aromatic carbocycles. The Balaban J connectivity index is 1.29. The van der Waals surface area contributed by atoms with Gasteiger partial charge < -0.3 is 62.4 Å². The summed E-state index contributed by atoms with van der Waals surface area (Å²) in [5.41, 5.74) is -1.18. The minimum atomic E-state index is -1.26. The van der Waals surface area contributed by atoms with Gasteiger partial charge in [0.2, 0.25) is 0 Å². The van der Waals surface area contributed by atoms with Crippen LogP contribution in [-0.2, 0) is 110 Å². The summed E-state index contributed by atoms with van der Waals surface area (Å²) in [6.45, 7) is -4.32. The second kappa shape index (κ2) is 27.0. The van der Waals surface area contributed by atoms with Gasteiger partial charge in [-0.15, -0.1) is 20.3 Å². The van der Waals surface area contributed by atoms with Crippen LogP contribution in [0.25, 0.3) is 0 Å². The van der Waals surface area contributed by atoms with Crippen molar-refractivity contribution in [3.63, 3.8) is 0 Å². The molecule has 1 atom stereocenters. The van der Waals surface area contributed by atoms with Gasteiger partial charge in [0.25, 0.3) is 41.4 Å². The van der Waals surface area contributed by atoms with Crippen LogP contribution in [0.3, 0.4) is 0 Å². The highest BCUT2D eigenvalue weighted by molar-refractivity contribution is 6.03. The van der Waals surface area contributed by atoms with Crippen LogP contribution in [0.15, 0.2) is 0 Å². The third-order valence-electron chi connectivity index (χ3n) is 8.93. The predicted molar refractivity (Wildman–Crippen MR) is 199 cm³/mol. The Bertz CT molecular complexity index is 1540. The maximum atomic E-state index is 12.1. The molecule has 1 unspecified atom stereocenters. The van der Waals surface area contributed by atoms with Gasteiger partial charge in [0.05, 0.1) is 84.7 Å². The second-order valence-corrected chi connectivity index (χ2v) is 14.3. The third-order valence-corrected chi connectivity index (χ3v) is 8.93. The molecule has 4 heterocycles. The molecule has 65 heavy (non-hydrogen) atoms. The molecule has 0 aromatic rings. The normalized spacial score (nSPS) is 17.9. The van der Waals surface area contributed by atoms with E-state index in [9.17, 15) is 57.8 Å². The first kappa shape index (κ1) is 52.0. The minimum Gasteiger partial charge on any atom is -0.378 e. The zero-order valence-electron chi connectivity index (χ0n) is 35.2. The Labute approximate surface area is 369 Å². The number of imide groups is 3. The number of amides is 7. The first-order valence-electron chi connectivity index (χ1n) is 20.2. The van der Waals surface area contributed by atoms with Crippen LogP contribution in [0.1, 0.15) is 51.4 Å². The quantitative estimate of drug-likeness (QED) is 0.0501. The van der Waals surface area contributed by atoms with E-state index in [2.05, 4.69) is 0 Å². The molecule has 28 nitrogen and oxygen atoms in total. The molecule has 0 aliphatic carbocycles. The van der Waals surface area contributed by atoms with E-state index in [4.69, 9.17) is 57.2 Å². The molecule has 0 spiro atoms. The Morgan fingerprint density at radius 3 is 0.923 bits per heavy atom. The highest BCUT2D eigenvalue weighted by Crippen LogP contribution is 2.22. The fourth-order valence-electron chi connectivity index (χ4n) is 5.75. The van der Waals surface area contributed by atoms with Gasteiger partial charge in [0.15, 0.2) is 6.23 Å². The molecule has 0 radical (unpaired) electrons. The smallest absolute Gasteiger partial charge is 0.358 e. The first-order chi connectivity index (χ1) is 31.2. The average Bonchev–Trinajstić information content (AvgIpc) is 3.98. The number of carbonyl (C=O) groups is 11. The van der Waals surface area contributed by atoms with Crippen molar-refractivity contribution in [3.8, 4) is 0 Å². The van der Waals surface area contributed by atoms with E-state index in [0.29, 0.717) is 20.3 Å². The number of nitrogens with zero attached hydrogens (tertiary/aromatic N) is 4. The fraction of sp³-hybridized carbons (Fsp3) is 0.703. The summed E-state index contributed by atoms with van der Waals surface area (Å²) in [5, 5.41) is 11.5. The number of ether oxygens (including phenoxy) is 8. The number of hydrogen-bond acceptors (Lipinski definition) is 24. The lowest BCUT2D eigenvalue weighted by Gasteiger charge is -2.33. The highest BCUT2D eigenvalue weighted by atomic mass is 16.8. The standard InChI is InChI=1S/C37H50N4O24/c42-25-1-2-26(43)38(25)62-33(50)17-54-9-13-58-21-37(22-59-14-10-55-18-34(51)63-39-27(44)3-4-28(39)45,23-60-15-11-56-19-35(52)64-40-29(46)5-6-30(40)47)24-61-16-12-57-20-36(53)65-41-31(48)7-8-32(41)49/h25,42H,1-24H2. The van der Waals surface area contributed by atoms with Gasteiger partial charge in [0.1, 0.15) is 26.4 Å². The van der Waals surface area contributed by atoms with Crippen molar-refractivity contribution in [2.45, 2.75) is 57.6 Å². The lowest BCUT2D eigenvalue weighted by Crippen LogP contribution is -2.43. The van der Waals surface area contributed by atoms with Crippen molar-refractivity contribution in [3.05, 3.63) is 0 Å². The van der Waals surface area contributed by atoms with Gasteiger partial charge >= 0.3 is 23.9 Å². The Morgan fingerprint density at radius 2 is 0.662 bits per heavy atom. The first-order valence-corrected chi connectivity index (χ1v) is 20.2. The topological polar surface area (TPSA) is 332 Å². The van der Waals surface area contributed by atoms with Gasteiger partial charge in [0, 0.05) is 51.4 Å². The van der Waals surface area contributed by atoms with Crippen molar-refractivity contribution < 1.29 is 115 Å². The number of carbonyl (C=O) groups excluding carboxylic acids is 11. The highest BCUT2D eigenvalue weighted by Gasteiger charge is 2.37. The molecule has 28 heteroatoms. The lowest BCUT2D eigenvalue weighted by molar-refractivity contribution is -0.223. The molecule has 7 amide bonds. The van der Waals surface area contributed by atoms with E-state index in [1.165, 1.54) is 0 Å². The van der Waals surface area contributed by atoms with Gasteiger partial charge in [-0.3, -0.25) is 33.6 Å². The second-order valence-electron chi connectivity index (χ2n) is 14.3. The zero-order valence-corrected chi connectivity index (χ0v) is 35.2. The van der Waals surface area contributed by atoms with Crippen LogP contribution in [0.5, 0.6) is 0 Å². The van der Waals surface area contributed by atoms with Gasteiger partial charge in [-0.25, -0.2) is 19.2 Å². The van der Waals surface area contributed by atoms with Crippen LogP contribution >= 0.6 is 0 Å². The Morgan fingerprint density at radius 1 is 0.400 bits per heavy atom. The zero-order chi connectivity index (χ0) is 47.2. The third kappa shape index (κ3) is 17.7. The van der Waals surface area contributed by atoms with Crippen molar-refractivity contribution in [2.75, 3.05) is 106 Å². The molecule has 0 aromatic heterocycles. The molecule has 1 N–H and O–H groups in total. The molecule has 4 aliphatic heterocycles. The molecule has 4 rings (SSSR count). The van der Waals surface area contributed by atoms with Crippen LogP contribution < -0.4 is 0 Å². The van der Waals surface area contributed by atoms with Crippen molar-refractivity contribution in [1.29, 1.82) is 0 Å². The van der Waals surface area contributed by atoms with E-state index >= 15 is 0 Å². The maximum Gasteiger partial charge on any atom is 0.358 e. The molecule has 0 saturated carbocycles. The predicted octanol–water partition coefficient (Wildman–Crippen LogP) is -3.67. The van der Waals surface area contributed by atoms with Gasteiger partial charge in [-0.05, 0) is 0 Å². The number of hydroxylamine groups is 8. The van der Waals surface area contributed by atoms with E-state index in [-0.39, 0.29) is 131 Å². The molecule has 0 bridgehead atoms. The maximum absolute atomic E-state index is 12.1. The van der Waals surface area contributed by atoms with E-state index < -0.39 is 103 Å². The van der Waals surface area contributed by atoms with Crippen molar-refractivity contribution >= 4 is 65.2 Å². The minimum absolute atomic E-state index is 0.00855. The largest absolute Gasteiger partial charge is 0.378 e. The summed E-state index contributed by atoms with van der Waals surface area (Å²) >= 11 is 0. The van der Waals surface area contributed by atoms with Crippen molar-refractivity contribution in [2.24, 2.45) is 5.41 Å². The number of hydrogen-bond donors (Lipinski definition) is 1. The van der Waals surface area contributed by atoms with Crippen molar-refractivity contribution in [1.82, 2.24) is 20.3 Å². The summed E-state index contributed by atoms with van der Waals surface area (Å²) in [6.07, 6.45) is -1.68. The summed E-state index contributed by atoms with van der Waals surface area (Å²) < 4.78 is 44.4. The van der Waals surface area contributed by atoms with Gasteiger partial charge in [-0.2, -0.15) is 0 Å². The molecule has 4 aliphatic rings. The number of aliphatic hydroxyl groups is 1. The fourth-order valence-corrected chi connectivity index (χ4v) is 5.75. The molecular formula is C37H50N4O24. The van der Waals surface area contributed by atoms with E-state index in [1.807, 2.05) is 0 Å². The van der Waals surface area contributed by atoms with Crippen LogP contribution in [0.2, 0.25) is 0 Å². The van der Waals surface area contributed by atoms with Crippen LogP contribution in [0.4, 0.5) is 0 Å². The van der Waals surface area contributed by atoms with Crippen LogP contribution in [0, 0.1) is 5.41 Å². The lowest BCUT2D eigenvalue weighted by atomic mass is 9.92. The van der Waals surface area contributed by atoms with E-state index in [0.717, 1.165) is 0 Å². The average molecular weight is 935 g/mol. The number of aliphatic hydroxyl groups excluding tert-OH is 1. The van der Waals surface area contributed by atoms with Gasteiger partial charge in [-0.1, -0.05) is 0 Å². The Kier molecular flexibility index (Phi) is 21.6.